The molecule has 1 aromatic heterocycles. The van der Waals surface area contributed by atoms with Crippen LogP contribution in [0.15, 0.2) is 53.7 Å². The Balaban J connectivity index is 1.85. The number of nitrogens with one attached hydrogen (secondary N) is 1. The number of alkyl halides is 3. The maximum Gasteiger partial charge on any atom is 0.422 e. The van der Waals surface area contributed by atoms with Gasteiger partial charge in [0.05, 0.1) is 5.57 Å². The van der Waals surface area contributed by atoms with E-state index in [2.05, 4.69) is 25.6 Å². The van der Waals surface area contributed by atoms with Crippen LogP contribution in [-0.4, -0.2) is 39.0 Å². The molecule has 3 aromatic rings. The van der Waals surface area contributed by atoms with Crippen LogP contribution in [0.3, 0.4) is 0 Å². The predicted molar refractivity (Wildman–Crippen MR) is 93.2 cm³/mol. The van der Waals surface area contributed by atoms with Gasteiger partial charge in [-0.05, 0) is 33.7 Å². The molecule has 0 radical (unpaired) electrons. The number of hydrogen-bond acceptors (Lipinski definition) is 6. The smallest absolute Gasteiger partial charge is 0.422 e. The molecule has 0 saturated heterocycles. The summed E-state index contributed by atoms with van der Waals surface area (Å²) in [6.45, 7) is -0.103. The summed E-state index contributed by atoms with van der Waals surface area (Å²) in [4.78, 5) is 12.6. The van der Waals surface area contributed by atoms with Gasteiger partial charge in [0.1, 0.15) is 6.04 Å². The second-order valence-electron chi connectivity index (χ2n) is 6.27. The van der Waals surface area contributed by atoms with Crippen molar-refractivity contribution < 1.29 is 22.7 Å². The fourth-order valence-corrected chi connectivity index (χ4v) is 3.28. The molecule has 144 valence electrons. The van der Waals surface area contributed by atoms with Gasteiger partial charge in [-0.15, -0.1) is 0 Å². The average Bonchev–Trinajstić information content (AvgIpc) is 3.12. The monoisotopic (exact) mass is 389 g/mol. The van der Waals surface area contributed by atoms with Crippen LogP contribution in [0.25, 0.3) is 10.8 Å². The van der Waals surface area contributed by atoms with Gasteiger partial charge in [-0.25, -0.2) is 4.79 Å². The van der Waals surface area contributed by atoms with Crippen molar-refractivity contribution >= 4 is 22.7 Å². The zero-order chi connectivity index (χ0) is 19.9. The zero-order valence-electron chi connectivity index (χ0n) is 14.6. The Bertz CT molecular complexity index is 1080. The molecule has 1 aliphatic rings. The third-order valence-electron chi connectivity index (χ3n) is 4.42. The lowest BCUT2D eigenvalue weighted by molar-refractivity contribution is -0.183. The van der Waals surface area contributed by atoms with Gasteiger partial charge in [0.25, 0.3) is 0 Å². The highest BCUT2D eigenvalue weighted by molar-refractivity contribution is 5.95. The van der Waals surface area contributed by atoms with E-state index in [1.807, 2.05) is 30.3 Å². The number of aromatic nitrogens is 4. The molecule has 1 N–H and O–H groups in total. The lowest BCUT2D eigenvalue weighted by Gasteiger charge is -2.28. The first-order valence-corrected chi connectivity index (χ1v) is 8.32. The number of allylic oxidation sites excluding steroid dienone is 1. The molecule has 0 spiro atoms. The van der Waals surface area contributed by atoms with Crippen molar-refractivity contribution in [2.24, 2.45) is 0 Å². The summed E-state index contributed by atoms with van der Waals surface area (Å²) < 4.78 is 43.5. The van der Waals surface area contributed by atoms with E-state index in [0.717, 1.165) is 10.8 Å². The van der Waals surface area contributed by atoms with Crippen molar-refractivity contribution in [3.63, 3.8) is 0 Å². The van der Waals surface area contributed by atoms with Crippen molar-refractivity contribution in [3.8, 4) is 0 Å². The minimum Gasteiger partial charge on any atom is -0.453 e. The summed E-state index contributed by atoms with van der Waals surface area (Å²) in [5.74, 6) is -0.802. The van der Waals surface area contributed by atoms with Crippen LogP contribution in [0.1, 0.15) is 18.5 Å². The standard InChI is InChI=1S/C18H14F3N5O2/c1-10-14(16(27)28-9-18(19,20)21)15(26-17(22-10)23-24-25-26)13-8-4-6-11-5-2-3-7-12(11)13/h2-8,15H,9H2,1H3,(H,22,23,25). The summed E-state index contributed by atoms with van der Waals surface area (Å²) >= 11 is 0. The molecule has 2 aromatic carbocycles. The van der Waals surface area contributed by atoms with Crippen molar-refractivity contribution in [3.05, 3.63) is 59.3 Å². The number of esters is 1. The Kier molecular flexibility index (Phi) is 4.25. The van der Waals surface area contributed by atoms with Crippen molar-refractivity contribution in [2.45, 2.75) is 19.1 Å². The van der Waals surface area contributed by atoms with E-state index in [4.69, 9.17) is 0 Å². The highest BCUT2D eigenvalue weighted by Crippen LogP contribution is 2.38. The van der Waals surface area contributed by atoms with Gasteiger partial charge in [-0.1, -0.05) is 47.6 Å². The maximum absolute atomic E-state index is 12.6. The molecule has 0 aliphatic carbocycles. The number of halogens is 3. The second kappa shape index (κ2) is 6.63. The van der Waals surface area contributed by atoms with Crippen LogP contribution >= 0.6 is 0 Å². The summed E-state index contributed by atoms with van der Waals surface area (Å²) in [5.41, 5.74) is 1.01. The van der Waals surface area contributed by atoms with Crippen LogP contribution in [0.2, 0.25) is 0 Å². The number of hydrogen-bond donors (Lipinski definition) is 1. The number of nitrogens with zero attached hydrogens (tertiary/aromatic N) is 4. The number of carbonyl (C=O) groups excluding carboxylic acids is 1. The normalized spacial score (nSPS) is 16.6. The third-order valence-corrected chi connectivity index (χ3v) is 4.42. The summed E-state index contributed by atoms with van der Waals surface area (Å²) in [7, 11) is 0. The van der Waals surface area contributed by atoms with Crippen LogP contribution in [0.4, 0.5) is 19.1 Å². The van der Waals surface area contributed by atoms with E-state index >= 15 is 0 Å². The van der Waals surface area contributed by atoms with E-state index in [0.29, 0.717) is 11.3 Å². The molecule has 1 atom stereocenters. The molecule has 0 amide bonds. The molecule has 1 aliphatic heterocycles. The van der Waals surface area contributed by atoms with Gasteiger partial charge >= 0.3 is 12.1 Å². The fraction of sp³-hybridized carbons (Fsp3) is 0.222. The van der Waals surface area contributed by atoms with E-state index < -0.39 is 24.8 Å². The molecule has 0 saturated carbocycles. The fourth-order valence-electron chi connectivity index (χ4n) is 3.28. The number of ether oxygens (including phenoxy) is 1. The lowest BCUT2D eigenvalue weighted by atomic mass is 9.91. The molecule has 10 heteroatoms. The highest BCUT2D eigenvalue weighted by atomic mass is 19.4. The minimum absolute atomic E-state index is 0.0143. The topological polar surface area (TPSA) is 81.9 Å². The number of carbonyl (C=O) groups is 1. The zero-order valence-corrected chi connectivity index (χ0v) is 14.6. The predicted octanol–water partition coefficient (Wildman–Crippen LogP) is 3.22. The van der Waals surface area contributed by atoms with E-state index in [9.17, 15) is 18.0 Å². The first-order valence-electron chi connectivity index (χ1n) is 8.32. The Morgan fingerprint density at radius 3 is 2.75 bits per heavy atom. The average molecular weight is 389 g/mol. The third kappa shape index (κ3) is 3.17. The molecule has 0 fully saturated rings. The van der Waals surface area contributed by atoms with Gasteiger partial charge < -0.3 is 10.1 Å². The number of rotatable bonds is 3. The van der Waals surface area contributed by atoms with Crippen LogP contribution < -0.4 is 5.32 Å². The Morgan fingerprint density at radius 2 is 1.96 bits per heavy atom. The molecule has 1 unspecified atom stereocenters. The molecular formula is C18H14F3N5O2. The lowest BCUT2D eigenvalue weighted by Crippen LogP contribution is -2.31. The quantitative estimate of drug-likeness (QED) is 0.693. The summed E-state index contributed by atoms with van der Waals surface area (Å²) in [5, 5.41) is 16.0. The number of anilines is 1. The molecule has 2 heterocycles. The highest BCUT2D eigenvalue weighted by Gasteiger charge is 2.37. The van der Waals surface area contributed by atoms with Crippen molar-refractivity contribution in [1.29, 1.82) is 0 Å². The Hall–Kier alpha value is -3.43. The van der Waals surface area contributed by atoms with E-state index in [1.54, 1.807) is 19.1 Å². The van der Waals surface area contributed by atoms with Crippen molar-refractivity contribution in [2.75, 3.05) is 11.9 Å². The van der Waals surface area contributed by atoms with Gasteiger partial charge in [0.15, 0.2) is 6.61 Å². The Morgan fingerprint density at radius 1 is 1.21 bits per heavy atom. The van der Waals surface area contributed by atoms with Crippen molar-refractivity contribution in [1.82, 2.24) is 20.2 Å². The van der Waals surface area contributed by atoms with Crippen LogP contribution in [0, 0.1) is 0 Å². The largest absolute Gasteiger partial charge is 0.453 e. The number of tetrazole rings is 1. The van der Waals surface area contributed by atoms with Gasteiger partial charge in [0.2, 0.25) is 5.95 Å². The summed E-state index contributed by atoms with van der Waals surface area (Å²) in [6, 6.07) is 12.1. The SMILES string of the molecule is CC1=C(C(=O)OCC(F)(F)F)C(c2cccc3ccccc23)n2nnnc2N1. The van der Waals surface area contributed by atoms with Gasteiger partial charge in [-0.3, -0.25) is 0 Å². The molecule has 7 nitrogen and oxygen atoms in total. The minimum atomic E-state index is -4.62. The van der Waals surface area contributed by atoms with E-state index in [1.165, 1.54) is 4.68 Å². The first-order chi connectivity index (χ1) is 13.3. The second-order valence-corrected chi connectivity index (χ2v) is 6.27. The molecular weight excluding hydrogens is 375 g/mol. The van der Waals surface area contributed by atoms with Crippen LogP contribution in [0.5, 0.6) is 0 Å². The number of fused-ring (bicyclic) bond motifs is 2. The van der Waals surface area contributed by atoms with Gasteiger partial charge in [-0.2, -0.15) is 17.9 Å². The number of benzene rings is 2. The molecule has 0 bridgehead atoms. The van der Waals surface area contributed by atoms with E-state index in [-0.39, 0.29) is 11.5 Å². The maximum atomic E-state index is 12.6. The molecule has 28 heavy (non-hydrogen) atoms. The molecule has 4 rings (SSSR count). The summed E-state index contributed by atoms with van der Waals surface area (Å²) in [6.07, 6.45) is -4.62. The van der Waals surface area contributed by atoms with Crippen LogP contribution in [-0.2, 0) is 9.53 Å². The Labute approximate surface area is 156 Å². The first kappa shape index (κ1) is 18.0. The van der Waals surface area contributed by atoms with Gasteiger partial charge in [0, 0.05) is 5.70 Å².